The van der Waals surface area contributed by atoms with Crippen molar-refractivity contribution in [2.45, 2.75) is 0 Å². The summed E-state index contributed by atoms with van der Waals surface area (Å²) in [6.07, 6.45) is 0. The maximum atomic E-state index is 2.28. The van der Waals surface area contributed by atoms with E-state index in [0.717, 1.165) is 0 Å². The van der Waals surface area contributed by atoms with Gasteiger partial charge in [-0.1, -0.05) is 0 Å². The van der Waals surface area contributed by atoms with Gasteiger partial charge in [0.05, 0.1) is 0 Å². The van der Waals surface area contributed by atoms with E-state index in [9.17, 15) is 0 Å². The summed E-state index contributed by atoms with van der Waals surface area (Å²) < 4.78 is 3.16. The van der Waals surface area contributed by atoms with Gasteiger partial charge < -0.3 is 0 Å². The molecule has 1 heterocycles. The summed E-state index contributed by atoms with van der Waals surface area (Å²) in [4.78, 5) is 0. The average Bonchev–Trinajstić information content (AvgIpc) is 2.29. The van der Waals surface area contributed by atoms with E-state index in [-0.39, 0.29) is 0 Å². The van der Waals surface area contributed by atoms with Crippen LogP contribution in [-0.2, 0) is 0 Å². The summed E-state index contributed by atoms with van der Waals surface area (Å²) in [5.41, 5.74) is 2.94. The molecule has 1 aliphatic rings. The van der Waals surface area contributed by atoms with Crippen molar-refractivity contribution in [1.29, 1.82) is 0 Å². The molecule has 0 nitrogen and oxygen atoms in total. The molecule has 0 saturated carbocycles. The van der Waals surface area contributed by atoms with Crippen LogP contribution in [0.15, 0.2) is 48.5 Å². The molecule has 0 saturated heterocycles. The summed E-state index contributed by atoms with van der Waals surface area (Å²) in [5.74, 6) is 0. The van der Waals surface area contributed by atoms with Crippen molar-refractivity contribution in [3.63, 3.8) is 0 Å². The SMILES string of the molecule is c1ccc2c(c1)[Se][Se]c1ccccc1-2. The first kappa shape index (κ1) is 8.76. The first-order chi connectivity index (χ1) is 6.95. The van der Waals surface area contributed by atoms with Crippen LogP contribution in [0.4, 0.5) is 0 Å². The summed E-state index contributed by atoms with van der Waals surface area (Å²) in [6, 6.07) is 17.7. The maximum absolute atomic E-state index is 2.28. The third-order valence-electron chi connectivity index (χ3n) is 2.29. The Morgan fingerprint density at radius 3 is 1.50 bits per heavy atom. The second kappa shape index (κ2) is 3.56. The van der Waals surface area contributed by atoms with Crippen LogP contribution in [-0.4, -0.2) is 26.3 Å². The number of benzene rings is 2. The first-order valence-electron chi connectivity index (χ1n) is 4.48. The molecule has 3 rings (SSSR count). The zero-order valence-corrected chi connectivity index (χ0v) is 10.9. The second-order valence-electron chi connectivity index (χ2n) is 3.16. The summed E-state index contributed by atoms with van der Waals surface area (Å²) in [7, 11) is 0. The van der Waals surface area contributed by atoms with E-state index < -0.39 is 0 Å². The molecule has 0 atom stereocenters. The topological polar surface area (TPSA) is 0 Å². The number of rotatable bonds is 0. The second-order valence-corrected chi connectivity index (χ2v) is 9.34. The quantitative estimate of drug-likeness (QED) is 0.636. The Hall–Kier alpha value is -0.521. The fraction of sp³-hybridized carbons (Fsp3) is 0. The van der Waals surface area contributed by atoms with Crippen LogP contribution >= 0.6 is 0 Å². The van der Waals surface area contributed by atoms with Crippen molar-refractivity contribution in [2.24, 2.45) is 0 Å². The monoisotopic (exact) mass is 312 g/mol. The normalized spacial score (nSPS) is 13.1. The van der Waals surface area contributed by atoms with Gasteiger partial charge in [0.25, 0.3) is 0 Å². The van der Waals surface area contributed by atoms with Gasteiger partial charge in [0, 0.05) is 0 Å². The van der Waals surface area contributed by atoms with Gasteiger partial charge in [0.15, 0.2) is 0 Å². The Balaban J connectivity index is 2.29. The Morgan fingerprint density at radius 2 is 1.00 bits per heavy atom. The van der Waals surface area contributed by atoms with Crippen molar-refractivity contribution in [3.8, 4) is 11.1 Å². The zero-order chi connectivity index (χ0) is 9.38. The van der Waals surface area contributed by atoms with E-state index in [0.29, 0.717) is 26.3 Å². The average molecular weight is 310 g/mol. The Bertz CT molecular complexity index is 432. The summed E-state index contributed by atoms with van der Waals surface area (Å²) in [5, 5.41) is 0. The third kappa shape index (κ3) is 1.36. The third-order valence-corrected chi connectivity index (χ3v) is 9.53. The van der Waals surface area contributed by atoms with Crippen molar-refractivity contribution in [2.75, 3.05) is 0 Å². The molecule has 0 radical (unpaired) electrons. The van der Waals surface area contributed by atoms with E-state index in [1.807, 2.05) is 0 Å². The van der Waals surface area contributed by atoms with Crippen LogP contribution in [0.2, 0.25) is 0 Å². The predicted octanol–water partition coefficient (Wildman–Crippen LogP) is 0.941. The van der Waals surface area contributed by atoms with Gasteiger partial charge >= 0.3 is 94.8 Å². The molecule has 0 N–H and O–H groups in total. The van der Waals surface area contributed by atoms with Crippen LogP contribution in [0.1, 0.15) is 0 Å². The Labute approximate surface area is 94.6 Å². The molecule has 0 spiro atoms. The Kier molecular flexibility index (Phi) is 2.23. The van der Waals surface area contributed by atoms with Gasteiger partial charge in [0.2, 0.25) is 0 Å². The fourth-order valence-corrected chi connectivity index (χ4v) is 8.80. The molecule has 0 unspecified atom stereocenters. The number of hydrogen-bond acceptors (Lipinski definition) is 0. The van der Waals surface area contributed by atoms with Crippen LogP contribution in [0.3, 0.4) is 0 Å². The molecular formula is C12H8Se2. The van der Waals surface area contributed by atoms with Gasteiger partial charge in [-0.25, -0.2) is 0 Å². The molecule has 0 bridgehead atoms. The fourth-order valence-electron chi connectivity index (χ4n) is 1.61. The van der Waals surface area contributed by atoms with Crippen LogP contribution in [0.5, 0.6) is 0 Å². The standard InChI is InChI=1S/C12H8Se2/c1-3-7-11-9(5-1)10-6-2-4-8-12(10)14-13-11/h1-8H. The van der Waals surface area contributed by atoms with Gasteiger partial charge in [0.1, 0.15) is 0 Å². The van der Waals surface area contributed by atoms with Gasteiger partial charge in [-0.2, -0.15) is 0 Å². The van der Waals surface area contributed by atoms with Gasteiger partial charge in [-0.05, 0) is 0 Å². The van der Waals surface area contributed by atoms with Crippen LogP contribution in [0, 0.1) is 0 Å². The van der Waals surface area contributed by atoms with E-state index in [2.05, 4.69) is 48.5 Å². The molecule has 0 aromatic heterocycles. The van der Waals surface area contributed by atoms with Crippen LogP contribution in [0.25, 0.3) is 11.1 Å². The minimum absolute atomic E-state index is 0.692. The van der Waals surface area contributed by atoms with Crippen LogP contribution < -0.4 is 8.92 Å². The molecule has 1 aliphatic heterocycles. The predicted molar refractivity (Wildman–Crippen MR) is 62.7 cm³/mol. The van der Waals surface area contributed by atoms with E-state index in [1.54, 1.807) is 8.92 Å². The number of fused-ring (bicyclic) bond motifs is 3. The van der Waals surface area contributed by atoms with Gasteiger partial charge in [-0.3, -0.25) is 0 Å². The molecule has 2 aromatic carbocycles. The van der Waals surface area contributed by atoms with Gasteiger partial charge in [-0.15, -0.1) is 0 Å². The summed E-state index contributed by atoms with van der Waals surface area (Å²) >= 11 is 1.38. The molecule has 0 fully saturated rings. The summed E-state index contributed by atoms with van der Waals surface area (Å²) in [6.45, 7) is 0. The first-order valence-corrected chi connectivity index (χ1v) is 10.5. The zero-order valence-electron chi connectivity index (χ0n) is 7.44. The molecular weight excluding hydrogens is 302 g/mol. The molecule has 0 aliphatic carbocycles. The van der Waals surface area contributed by atoms with Crippen molar-refractivity contribution < 1.29 is 0 Å². The van der Waals surface area contributed by atoms with Crippen molar-refractivity contribution in [3.05, 3.63) is 48.5 Å². The van der Waals surface area contributed by atoms with E-state index in [4.69, 9.17) is 0 Å². The molecule has 0 amide bonds. The molecule has 14 heavy (non-hydrogen) atoms. The van der Waals surface area contributed by atoms with Crippen molar-refractivity contribution >= 4 is 35.2 Å². The molecule has 2 aromatic rings. The Morgan fingerprint density at radius 1 is 0.571 bits per heavy atom. The van der Waals surface area contributed by atoms with Crippen molar-refractivity contribution in [1.82, 2.24) is 0 Å². The molecule has 68 valence electrons. The van der Waals surface area contributed by atoms with E-state index in [1.165, 1.54) is 11.1 Å². The number of hydrogen-bond donors (Lipinski definition) is 0. The minimum atomic E-state index is 0.692. The molecule has 2 heteroatoms. The van der Waals surface area contributed by atoms with E-state index >= 15 is 0 Å².